The highest BCUT2D eigenvalue weighted by molar-refractivity contribution is 5.79. The van der Waals surface area contributed by atoms with Crippen LogP contribution in [0.15, 0.2) is 0 Å². The van der Waals surface area contributed by atoms with Gasteiger partial charge in [-0.15, -0.1) is 0 Å². The first kappa shape index (κ1) is 15.0. The average molecular weight is 256 g/mol. The fraction of sp³-hybridized carbons (Fsp3) is 0.846. The number of carbonyl (C=O) groups is 2. The minimum absolute atomic E-state index is 0.0285. The molecule has 0 aromatic rings. The van der Waals surface area contributed by atoms with Crippen LogP contribution in [-0.4, -0.2) is 36.6 Å². The zero-order valence-corrected chi connectivity index (χ0v) is 11.2. The molecule has 3 N–H and O–H groups in total. The summed E-state index contributed by atoms with van der Waals surface area (Å²) in [7, 11) is 0. The van der Waals surface area contributed by atoms with Gasteiger partial charge in [-0.2, -0.15) is 0 Å². The molecule has 1 aliphatic rings. The molecule has 5 nitrogen and oxygen atoms in total. The molecule has 1 aliphatic heterocycles. The summed E-state index contributed by atoms with van der Waals surface area (Å²) in [5, 5.41) is 14.9. The Kier molecular flexibility index (Phi) is 6.12. The number of nitrogens with one attached hydrogen (secondary N) is 2. The number of aliphatic carboxylic acids is 1. The smallest absolute Gasteiger partial charge is 0.303 e. The monoisotopic (exact) mass is 256 g/mol. The predicted octanol–water partition coefficient (Wildman–Crippen LogP) is 0.849. The summed E-state index contributed by atoms with van der Waals surface area (Å²) in [6, 6.07) is 0. The van der Waals surface area contributed by atoms with E-state index in [0.717, 1.165) is 25.9 Å². The van der Waals surface area contributed by atoms with Gasteiger partial charge in [-0.3, -0.25) is 9.59 Å². The van der Waals surface area contributed by atoms with Gasteiger partial charge in [0.1, 0.15) is 0 Å². The Morgan fingerprint density at radius 2 is 2.17 bits per heavy atom. The second-order valence-electron chi connectivity index (χ2n) is 5.53. The molecule has 0 spiro atoms. The topological polar surface area (TPSA) is 78.4 Å². The lowest BCUT2D eigenvalue weighted by atomic mass is 9.94. The summed E-state index contributed by atoms with van der Waals surface area (Å²) in [4.78, 5) is 22.6. The number of hydrogen-bond donors (Lipinski definition) is 3. The van der Waals surface area contributed by atoms with E-state index in [2.05, 4.69) is 24.5 Å². The van der Waals surface area contributed by atoms with Crippen molar-refractivity contribution in [3.8, 4) is 0 Å². The lowest BCUT2D eigenvalue weighted by Crippen LogP contribution is -2.36. The van der Waals surface area contributed by atoms with Crippen LogP contribution in [-0.2, 0) is 9.59 Å². The minimum atomic E-state index is -0.794. The maximum atomic E-state index is 11.8. The van der Waals surface area contributed by atoms with Crippen molar-refractivity contribution in [3.63, 3.8) is 0 Å². The molecule has 1 amide bonds. The first-order chi connectivity index (χ1) is 8.49. The summed E-state index contributed by atoms with van der Waals surface area (Å²) in [6.07, 6.45) is 1.83. The van der Waals surface area contributed by atoms with Crippen LogP contribution in [0.3, 0.4) is 0 Å². The molecule has 0 unspecified atom stereocenters. The lowest BCUT2D eigenvalue weighted by Gasteiger charge is -2.19. The molecule has 1 heterocycles. The van der Waals surface area contributed by atoms with Crippen molar-refractivity contribution < 1.29 is 14.7 Å². The van der Waals surface area contributed by atoms with Crippen molar-refractivity contribution >= 4 is 11.9 Å². The third kappa shape index (κ3) is 5.49. The first-order valence-electron chi connectivity index (χ1n) is 6.69. The van der Waals surface area contributed by atoms with Gasteiger partial charge >= 0.3 is 5.97 Å². The third-order valence-electron chi connectivity index (χ3n) is 3.26. The maximum Gasteiger partial charge on any atom is 0.303 e. The van der Waals surface area contributed by atoms with Crippen LogP contribution in [0, 0.1) is 17.8 Å². The van der Waals surface area contributed by atoms with Crippen LogP contribution in [0.1, 0.15) is 33.1 Å². The Morgan fingerprint density at radius 1 is 1.44 bits per heavy atom. The fourth-order valence-corrected chi connectivity index (χ4v) is 2.42. The molecule has 104 valence electrons. The molecule has 1 fully saturated rings. The van der Waals surface area contributed by atoms with Gasteiger partial charge in [-0.05, 0) is 31.2 Å². The van der Waals surface area contributed by atoms with E-state index in [9.17, 15) is 9.59 Å². The molecule has 0 saturated carbocycles. The van der Waals surface area contributed by atoms with Gasteiger partial charge in [0.15, 0.2) is 0 Å². The van der Waals surface area contributed by atoms with Gasteiger partial charge in [0.2, 0.25) is 5.91 Å². The Bertz CT molecular complexity index is 286. The molecule has 1 saturated heterocycles. The van der Waals surface area contributed by atoms with E-state index in [4.69, 9.17) is 5.11 Å². The normalized spacial score (nSPS) is 20.9. The highest BCUT2D eigenvalue weighted by atomic mass is 16.4. The number of carboxylic acid groups (broad SMARTS) is 1. The van der Waals surface area contributed by atoms with Gasteiger partial charge in [0, 0.05) is 19.5 Å². The summed E-state index contributed by atoms with van der Waals surface area (Å²) < 4.78 is 0. The zero-order chi connectivity index (χ0) is 13.5. The summed E-state index contributed by atoms with van der Waals surface area (Å²) in [6.45, 7) is 6.23. The molecule has 5 heteroatoms. The number of hydrogen-bond acceptors (Lipinski definition) is 3. The molecular formula is C13H24N2O3. The fourth-order valence-electron chi connectivity index (χ4n) is 2.42. The number of carboxylic acids is 1. The Balaban J connectivity index is 2.35. The lowest BCUT2D eigenvalue weighted by molar-refractivity contribution is -0.138. The predicted molar refractivity (Wildman–Crippen MR) is 69.2 cm³/mol. The Morgan fingerprint density at radius 3 is 2.67 bits per heavy atom. The minimum Gasteiger partial charge on any atom is -0.481 e. The van der Waals surface area contributed by atoms with Gasteiger partial charge < -0.3 is 15.7 Å². The average Bonchev–Trinajstić information content (AvgIpc) is 2.77. The van der Waals surface area contributed by atoms with Gasteiger partial charge in [0.25, 0.3) is 0 Å². The van der Waals surface area contributed by atoms with Crippen LogP contribution >= 0.6 is 0 Å². The van der Waals surface area contributed by atoms with Crippen molar-refractivity contribution in [2.24, 2.45) is 17.8 Å². The van der Waals surface area contributed by atoms with Crippen LogP contribution < -0.4 is 10.6 Å². The molecular weight excluding hydrogens is 232 g/mol. The molecule has 0 bridgehead atoms. The summed E-state index contributed by atoms with van der Waals surface area (Å²) in [5.41, 5.74) is 0. The van der Waals surface area contributed by atoms with Crippen LogP contribution in [0.2, 0.25) is 0 Å². The quantitative estimate of drug-likeness (QED) is 0.631. The molecule has 0 aliphatic carbocycles. The summed E-state index contributed by atoms with van der Waals surface area (Å²) >= 11 is 0. The van der Waals surface area contributed by atoms with Gasteiger partial charge in [0.05, 0.1) is 5.92 Å². The molecule has 0 aromatic carbocycles. The number of rotatable bonds is 7. The van der Waals surface area contributed by atoms with Crippen molar-refractivity contribution in [3.05, 3.63) is 0 Å². The first-order valence-corrected chi connectivity index (χ1v) is 6.69. The van der Waals surface area contributed by atoms with Crippen molar-refractivity contribution in [1.29, 1.82) is 0 Å². The van der Waals surface area contributed by atoms with E-state index < -0.39 is 5.97 Å². The Labute approximate surface area is 108 Å². The molecule has 18 heavy (non-hydrogen) atoms. The summed E-state index contributed by atoms with van der Waals surface area (Å²) in [5.74, 6) is -0.216. The van der Waals surface area contributed by atoms with E-state index in [-0.39, 0.29) is 24.2 Å². The largest absolute Gasteiger partial charge is 0.481 e. The molecule has 0 aromatic heterocycles. The zero-order valence-electron chi connectivity index (χ0n) is 11.2. The molecule has 0 radical (unpaired) electrons. The maximum absolute atomic E-state index is 11.8. The number of amides is 1. The van der Waals surface area contributed by atoms with E-state index in [0.29, 0.717) is 12.5 Å². The third-order valence-corrected chi connectivity index (χ3v) is 3.26. The SMILES string of the molecule is CC(C)C[C@@H](CNC(=O)[C@@H]1CCNC1)CC(=O)O. The van der Waals surface area contributed by atoms with E-state index >= 15 is 0 Å². The van der Waals surface area contributed by atoms with Crippen LogP contribution in [0.5, 0.6) is 0 Å². The van der Waals surface area contributed by atoms with Gasteiger partial charge in [-0.1, -0.05) is 13.8 Å². The molecule has 1 rings (SSSR count). The highest BCUT2D eigenvalue weighted by Crippen LogP contribution is 2.15. The second-order valence-corrected chi connectivity index (χ2v) is 5.53. The molecule has 2 atom stereocenters. The van der Waals surface area contributed by atoms with Crippen LogP contribution in [0.4, 0.5) is 0 Å². The standard InChI is InChI=1S/C13H24N2O3/c1-9(2)5-10(6-12(16)17)7-15-13(18)11-3-4-14-8-11/h9-11,14H,3-8H2,1-2H3,(H,15,18)(H,16,17)/t10-,11-/m1/s1. The number of carbonyl (C=O) groups excluding carboxylic acids is 1. The Hall–Kier alpha value is -1.10. The van der Waals surface area contributed by atoms with Crippen molar-refractivity contribution in [2.75, 3.05) is 19.6 Å². The highest BCUT2D eigenvalue weighted by Gasteiger charge is 2.23. The van der Waals surface area contributed by atoms with E-state index in [1.54, 1.807) is 0 Å². The van der Waals surface area contributed by atoms with Crippen molar-refractivity contribution in [1.82, 2.24) is 10.6 Å². The van der Waals surface area contributed by atoms with Gasteiger partial charge in [-0.25, -0.2) is 0 Å². The van der Waals surface area contributed by atoms with Crippen LogP contribution in [0.25, 0.3) is 0 Å². The van der Waals surface area contributed by atoms with E-state index in [1.165, 1.54) is 0 Å². The van der Waals surface area contributed by atoms with E-state index in [1.807, 2.05) is 0 Å². The van der Waals surface area contributed by atoms with Crippen molar-refractivity contribution in [2.45, 2.75) is 33.1 Å². The second kappa shape index (κ2) is 7.36.